The molecule has 1 aliphatic rings. The summed E-state index contributed by atoms with van der Waals surface area (Å²) in [4.78, 5) is 32.8. The minimum Gasteiger partial charge on any atom is -0.451 e. The number of aromatic nitrogens is 1. The summed E-state index contributed by atoms with van der Waals surface area (Å²) >= 11 is 3.06. The van der Waals surface area contributed by atoms with Gasteiger partial charge in [-0.3, -0.25) is 4.79 Å². The molecular formula is C20H20N2O3S2. The van der Waals surface area contributed by atoms with Crippen LogP contribution in [0.2, 0.25) is 0 Å². The van der Waals surface area contributed by atoms with Gasteiger partial charge in [0.1, 0.15) is 9.88 Å². The molecule has 0 bridgehead atoms. The molecule has 0 spiro atoms. The van der Waals surface area contributed by atoms with Crippen LogP contribution in [-0.4, -0.2) is 35.4 Å². The summed E-state index contributed by atoms with van der Waals surface area (Å²) in [7, 11) is 1.71. The first-order valence-electron chi connectivity index (χ1n) is 8.93. The van der Waals surface area contributed by atoms with Crippen molar-refractivity contribution in [3.8, 4) is 0 Å². The number of amides is 1. The third kappa shape index (κ3) is 3.61. The molecule has 1 amide bonds. The van der Waals surface area contributed by atoms with E-state index in [1.165, 1.54) is 21.8 Å². The van der Waals surface area contributed by atoms with E-state index in [-0.39, 0.29) is 18.6 Å². The quantitative estimate of drug-likeness (QED) is 0.602. The van der Waals surface area contributed by atoms with Gasteiger partial charge in [0.05, 0.1) is 16.3 Å². The lowest BCUT2D eigenvalue weighted by Crippen LogP contribution is -2.33. The number of hydrogen-bond donors (Lipinski definition) is 0. The second-order valence-electron chi connectivity index (χ2n) is 6.69. The molecule has 2 aromatic heterocycles. The van der Waals surface area contributed by atoms with Crippen LogP contribution in [-0.2, 0) is 22.4 Å². The summed E-state index contributed by atoms with van der Waals surface area (Å²) in [5.74, 6) is -0.650. The molecule has 3 aromatic rings. The van der Waals surface area contributed by atoms with Gasteiger partial charge >= 0.3 is 5.97 Å². The summed E-state index contributed by atoms with van der Waals surface area (Å²) in [6.45, 7) is 1.67. The molecule has 0 saturated carbocycles. The van der Waals surface area contributed by atoms with Crippen LogP contribution in [0.15, 0.2) is 30.3 Å². The second-order valence-corrected chi connectivity index (χ2v) is 8.89. The molecule has 2 heterocycles. The van der Waals surface area contributed by atoms with Crippen molar-refractivity contribution in [2.24, 2.45) is 0 Å². The van der Waals surface area contributed by atoms with E-state index in [0.717, 1.165) is 34.5 Å². The molecule has 0 unspecified atom stereocenters. The van der Waals surface area contributed by atoms with Crippen molar-refractivity contribution in [3.63, 3.8) is 0 Å². The largest absolute Gasteiger partial charge is 0.451 e. The van der Waals surface area contributed by atoms with E-state index < -0.39 is 5.97 Å². The van der Waals surface area contributed by atoms with Crippen LogP contribution < -0.4 is 0 Å². The fourth-order valence-electron chi connectivity index (χ4n) is 3.18. The van der Waals surface area contributed by atoms with Gasteiger partial charge in [0.15, 0.2) is 6.61 Å². The lowest BCUT2D eigenvalue weighted by atomic mass is 10.2. The number of fused-ring (bicyclic) bond motifs is 2. The number of hydrogen-bond acceptors (Lipinski definition) is 6. The lowest BCUT2D eigenvalue weighted by Gasteiger charge is -2.22. The molecule has 4 rings (SSSR count). The van der Waals surface area contributed by atoms with Crippen molar-refractivity contribution in [2.75, 3.05) is 13.7 Å². The van der Waals surface area contributed by atoms with E-state index in [9.17, 15) is 9.59 Å². The zero-order chi connectivity index (χ0) is 19.0. The van der Waals surface area contributed by atoms with Gasteiger partial charge in [0, 0.05) is 11.9 Å². The van der Waals surface area contributed by atoms with Crippen LogP contribution in [0.4, 0.5) is 0 Å². The Morgan fingerprint density at radius 1 is 1.26 bits per heavy atom. The van der Waals surface area contributed by atoms with Gasteiger partial charge in [-0.1, -0.05) is 12.1 Å². The number of benzene rings is 1. The van der Waals surface area contributed by atoms with Crippen molar-refractivity contribution < 1.29 is 14.3 Å². The topological polar surface area (TPSA) is 59.5 Å². The third-order valence-electron chi connectivity index (χ3n) is 4.92. The fraction of sp³-hybridized carbons (Fsp3) is 0.350. The summed E-state index contributed by atoms with van der Waals surface area (Å²) in [6, 6.07) is 9.64. The first-order valence-corrected chi connectivity index (χ1v) is 10.6. The third-order valence-corrected chi connectivity index (χ3v) is 7.34. The van der Waals surface area contributed by atoms with E-state index >= 15 is 0 Å². The van der Waals surface area contributed by atoms with Crippen LogP contribution in [0.5, 0.6) is 0 Å². The molecular weight excluding hydrogens is 380 g/mol. The molecule has 1 aromatic carbocycles. The van der Waals surface area contributed by atoms with Gasteiger partial charge in [-0.25, -0.2) is 9.78 Å². The summed E-state index contributed by atoms with van der Waals surface area (Å²) in [5, 5.41) is 0.869. The lowest BCUT2D eigenvalue weighted by molar-refractivity contribution is -0.135. The molecule has 0 saturated heterocycles. The number of thiazole rings is 1. The molecule has 140 valence electrons. The number of ether oxygens (including phenoxy) is 1. The number of para-hydroxylation sites is 1. The minimum atomic E-state index is -0.413. The molecule has 0 aliphatic heterocycles. The second kappa shape index (κ2) is 7.40. The van der Waals surface area contributed by atoms with Crippen LogP contribution in [0, 0.1) is 0 Å². The van der Waals surface area contributed by atoms with Crippen LogP contribution in [0.25, 0.3) is 10.2 Å². The van der Waals surface area contributed by atoms with Gasteiger partial charge in [-0.15, -0.1) is 22.7 Å². The standard InChI is InChI=1S/C20H20N2O3S2/c1-12(19-21-14-7-3-4-8-16(14)27-19)22(2)18(23)11-25-20(24)17-10-13-6-5-9-15(13)26-17/h3-4,7-8,10,12H,5-6,9,11H2,1-2H3/t12-/m0/s1. The van der Waals surface area contributed by atoms with E-state index in [4.69, 9.17) is 4.74 Å². The SMILES string of the molecule is C[C@@H](c1nc2ccccc2s1)N(C)C(=O)COC(=O)c1cc2c(s1)CCC2. The van der Waals surface area contributed by atoms with Crippen LogP contribution in [0.1, 0.15) is 44.5 Å². The van der Waals surface area contributed by atoms with E-state index in [1.54, 1.807) is 23.3 Å². The Morgan fingerprint density at radius 2 is 2.07 bits per heavy atom. The van der Waals surface area contributed by atoms with Crippen molar-refractivity contribution >= 4 is 44.8 Å². The minimum absolute atomic E-state index is 0.181. The normalized spacial score (nSPS) is 14.1. The predicted molar refractivity (Wildman–Crippen MR) is 107 cm³/mol. The van der Waals surface area contributed by atoms with E-state index in [1.807, 2.05) is 37.3 Å². The van der Waals surface area contributed by atoms with Crippen molar-refractivity contribution in [1.29, 1.82) is 0 Å². The van der Waals surface area contributed by atoms with Crippen molar-refractivity contribution in [3.05, 3.63) is 50.7 Å². The maximum atomic E-state index is 12.5. The number of carbonyl (C=O) groups excluding carboxylic acids is 2. The van der Waals surface area contributed by atoms with Gasteiger partial charge in [-0.05, 0) is 49.9 Å². The smallest absolute Gasteiger partial charge is 0.348 e. The highest BCUT2D eigenvalue weighted by atomic mass is 32.1. The van der Waals surface area contributed by atoms with Crippen molar-refractivity contribution in [1.82, 2.24) is 9.88 Å². The molecule has 0 radical (unpaired) electrons. The first-order chi connectivity index (χ1) is 13.0. The summed E-state index contributed by atoms with van der Waals surface area (Å²) in [5.41, 5.74) is 2.18. The Morgan fingerprint density at radius 3 is 2.85 bits per heavy atom. The highest BCUT2D eigenvalue weighted by molar-refractivity contribution is 7.18. The predicted octanol–water partition coefficient (Wildman–Crippen LogP) is 4.22. The Balaban J connectivity index is 1.37. The highest BCUT2D eigenvalue weighted by Gasteiger charge is 2.23. The molecule has 7 heteroatoms. The van der Waals surface area contributed by atoms with Crippen molar-refractivity contribution in [2.45, 2.75) is 32.2 Å². The maximum Gasteiger partial charge on any atom is 0.348 e. The molecule has 5 nitrogen and oxygen atoms in total. The Labute approximate surface area is 165 Å². The molecule has 27 heavy (non-hydrogen) atoms. The van der Waals surface area contributed by atoms with E-state index in [2.05, 4.69) is 4.98 Å². The Bertz CT molecular complexity index is 953. The average Bonchev–Trinajstić information content (AvgIpc) is 3.37. The average molecular weight is 401 g/mol. The maximum absolute atomic E-state index is 12.5. The molecule has 0 fully saturated rings. The molecule has 0 N–H and O–H groups in total. The summed E-state index contributed by atoms with van der Waals surface area (Å²) in [6.07, 6.45) is 3.22. The van der Waals surface area contributed by atoms with Crippen LogP contribution >= 0.6 is 22.7 Å². The number of thiophene rings is 1. The number of rotatable bonds is 5. The van der Waals surface area contributed by atoms with E-state index in [0.29, 0.717) is 4.88 Å². The Hall–Kier alpha value is -2.25. The Kier molecular flexibility index (Phi) is 4.97. The number of carbonyl (C=O) groups is 2. The van der Waals surface area contributed by atoms with Gasteiger partial charge in [0.25, 0.3) is 5.91 Å². The molecule has 1 atom stereocenters. The van der Waals surface area contributed by atoms with Gasteiger partial charge < -0.3 is 9.64 Å². The number of esters is 1. The number of nitrogens with zero attached hydrogens (tertiary/aromatic N) is 2. The summed E-state index contributed by atoms with van der Waals surface area (Å²) < 4.78 is 6.35. The number of aryl methyl sites for hydroxylation is 2. The first kappa shape index (κ1) is 18.1. The van der Waals surface area contributed by atoms with Crippen LogP contribution in [0.3, 0.4) is 0 Å². The van der Waals surface area contributed by atoms with Gasteiger partial charge in [0.2, 0.25) is 0 Å². The zero-order valence-corrected chi connectivity index (χ0v) is 16.9. The van der Waals surface area contributed by atoms with Gasteiger partial charge in [-0.2, -0.15) is 0 Å². The molecule has 1 aliphatic carbocycles. The highest BCUT2D eigenvalue weighted by Crippen LogP contribution is 2.31. The zero-order valence-electron chi connectivity index (χ0n) is 15.2. The number of likely N-dealkylation sites (N-methyl/N-ethyl adjacent to an activating group) is 1. The fourth-order valence-corrected chi connectivity index (χ4v) is 5.39. The monoisotopic (exact) mass is 400 g/mol.